The fraction of sp³-hybridized carbons (Fsp3) is 0.842. The van der Waals surface area contributed by atoms with Crippen molar-refractivity contribution in [2.75, 3.05) is 19.7 Å². The lowest BCUT2D eigenvalue weighted by atomic mass is 9.78. The molecular formula is C19H29FN2O6. The number of carboxylic acid groups (broad SMARTS) is 1. The maximum Gasteiger partial charge on any atom is 0.326 e. The normalized spacial score (nSPS) is 29.2. The predicted octanol–water partition coefficient (Wildman–Crippen LogP) is 1.73. The van der Waals surface area contributed by atoms with Crippen molar-refractivity contribution in [3.8, 4) is 0 Å². The van der Waals surface area contributed by atoms with Crippen LogP contribution >= 0.6 is 0 Å². The van der Waals surface area contributed by atoms with Crippen LogP contribution in [0.3, 0.4) is 0 Å². The molecule has 0 bridgehead atoms. The molecule has 1 aliphatic carbocycles. The summed E-state index contributed by atoms with van der Waals surface area (Å²) in [7, 11) is 0. The zero-order valence-corrected chi connectivity index (χ0v) is 16.0. The van der Waals surface area contributed by atoms with Crippen LogP contribution < -0.4 is 0 Å². The fourth-order valence-electron chi connectivity index (χ4n) is 4.15. The van der Waals surface area contributed by atoms with Crippen molar-refractivity contribution in [2.45, 2.75) is 69.9 Å². The smallest absolute Gasteiger partial charge is 0.326 e. The number of aliphatic carboxylic acids is 1. The van der Waals surface area contributed by atoms with Crippen molar-refractivity contribution in [3.05, 3.63) is 0 Å². The van der Waals surface area contributed by atoms with Crippen molar-refractivity contribution in [3.63, 3.8) is 0 Å². The molecule has 2 amide bonds. The van der Waals surface area contributed by atoms with Gasteiger partial charge < -0.3 is 14.7 Å². The largest absolute Gasteiger partial charge is 0.480 e. The molecule has 1 saturated carbocycles. The van der Waals surface area contributed by atoms with Crippen LogP contribution in [-0.4, -0.2) is 71.6 Å². The molecule has 2 aliphatic heterocycles. The van der Waals surface area contributed by atoms with E-state index in [-0.39, 0.29) is 19.5 Å². The zero-order valence-electron chi connectivity index (χ0n) is 16.0. The summed E-state index contributed by atoms with van der Waals surface area (Å²) in [6.07, 6.45) is 4.67. The van der Waals surface area contributed by atoms with Crippen LogP contribution in [-0.2, 0) is 24.0 Å². The van der Waals surface area contributed by atoms with Crippen molar-refractivity contribution >= 4 is 18.3 Å². The average molecular weight is 400 g/mol. The molecule has 0 aromatic heterocycles. The molecule has 158 valence electrons. The predicted molar refractivity (Wildman–Crippen MR) is 95.5 cm³/mol. The van der Waals surface area contributed by atoms with Gasteiger partial charge in [0.15, 0.2) is 6.29 Å². The van der Waals surface area contributed by atoms with E-state index in [0.29, 0.717) is 31.8 Å². The Hall–Kier alpha value is -1.74. The van der Waals surface area contributed by atoms with E-state index in [1.807, 2.05) is 0 Å². The van der Waals surface area contributed by atoms with E-state index >= 15 is 0 Å². The first-order valence-electron chi connectivity index (χ1n) is 10.2. The lowest BCUT2D eigenvalue weighted by Gasteiger charge is -2.34. The fourth-order valence-corrected chi connectivity index (χ4v) is 4.15. The molecule has 0 aromatic carbocycles. The Balaban J connectivity index is 1.67. The Labute approximate surface area is 163 Å². The molecule has 8 nitrogen and oxygen atoms in total. The van der Waals surface area contributed by atoms with Gasteiger partial charge in [0.2, 0.25) is 12.3 Å². The highest BCUT2D eigenvalue weighted by Gasteiger charge is 2.43. The highest BCUT2D eigenvalue weighted by molar-refractivity contribution is 5.86. The second kappa shape index (κ2) is 9.65. The summed E-state index contributed by atoms with van der Waals surface area (Å²) in [5.41, 5.74) is 0. The van der Waals surface area contributed by atoms with Gasteiger partial charge in [-0.15, -0.1) is 0 Å². The molecule has 2 heterocycles. The Bertz CT molecular complexity index is 567. The van der Waals surface area contributed by atoms with Crippen LogP contribution in [0.1, 0.15) is 51.4 Å². The van der Waals surface area contributed by atoms with Crippen LogP contribution in [0.15, 0.2) is 0 Å². The van der Waals surface area contributed by atoms with Gasteiger partial charge in [-0.2, -0.15) is 0 Å². The summed E-state index contributed by atoms with van der Waals surface area (Å²) in [5.74, 6) is -1.87. The first-order chi connectivity index (χ1) is 13.5. The number of halogens is 1. The minimum atomic E-state index is -1.34. The maximum atomic E-state index is 13.8. The summed E-state index contributed by atoms with van der Waals surface area (Å²) >= 11 is 0. The van der Waals surface area contributed by atoms with E-state index < -0.39 is 36.3 Å². The monoisotopic (exact) mass is 400 g/mol. The van der Waals surface area contributed by atoms with Gasteiger partial charge in [0.1, 0.15) is 12.2 Å². The van der Waals surface area contributed by atoms with Crippen molar-refractivity contribution in [2.24, 2.45) is 11.8 Å². The summed E-state index contributed by atoms with van der Waals surface area (Å²) in [5, 5.41) is 10.4. The number of ether oxygens (including phenoxy) is 1. The average Bonchev–Trinajstić information content (AvgIpc) is 3.05. The molecule has 28 heavy (non-hydrogen) atoms. The second-order valence-electron chi connectivity index (χ2n) is 8.01. The Morgan fingerprint density at radius 3 is 2.64 bits per heavy atom. The number of hydrogen-bond acceptors (Lipinski definition) is 5. The number of rotatable bonds is 9. The van der Waals surface area contributed by atoms with Crippen LogP contribution in [0.25, 0.3) is 0 Å². The lowest BCUT2D eigenvalue weighted by Crippen LogP contribution is -2.47. The molecule has 4 atom stereocenters. The summed E-state index contributed by atoms with van der Waals surface area (Å²) in [6.45, 7) is 0.358. The third kappa shape index (κ3) is 5.20. The number of hydroxylamine groups is 2. The summed E-state index contributed by atoms with van der Waals surface area (Å²) < 4.78 is 19.3. The topological polar surface area (TPSA) is 96.4 Å². The van der Waals surface area contributed by atoms with Gasteiger partial charge in [0.05, 0.1) is 19.0 Å². The molecule has 3 fully saturated rings. The molecule has 0 spiro atoms. The minimum Gasteiger partial charge on any atom is -0.480 e. The molecule has 0 radical (unpaired) electrons. The summed E-state index contributed by atoms with van der Waals surface area (Å²) in [4.78, 5) is 42.8. The number of amides is 2. The Morgan fingerprint density at radius 2 is 2.07 bits per heavy atom. The van der Waals surface area contributed by atoms with Crippen molar-refractivity contribution in [1.29, 1.82) is 0 Å². The van der Waals surface area contributed by atoms with Crippen LogP contribution in [0.5, 0.6) is 0 Å². The van der Waals surface area contributed by atoms with Gasteiger partial charge in [-0.3, -0.25) is 9.59 Å². The molecule has 0 aromatic rings. The van der Waals surface area contributed by atoms with Crippen molar-refractivity contribution < 1.29 is 33.5 Å². The van der Waals surface area contributed by atoms with E-state index in [4.69, 9.17) is 9.57 Å². The quantitative estimate of drug-likeness (QED) is 0.468. The highest BCUT2D eigenvalue weighted by Crippen LogP contribution is 2.34. The first-order valence-corrected chi connectivity index (χ1v) is 10.2. The van der Waals surface area contributed by atoms with Gasteiger partial charge >= 0.3 is 5.97 Å². The Morgan fingerprint density at radius 1 is 1.29 bits per heavy atom. The Kier molecular flexibility index (Phi) is 7.23. The number of carbonyl (C=O) groups is 3. The molecule has 4 unspecified atom stereocenters. The third-order valence-corrected chi connectivity index (χ3v) is 5.92. The zero-order chi connectivity index (χ0) is 20.1. The standard InChI is InChI=1S/C19H29FN2O6/c20-15-9-16(19(25)26)22(11-15)18(24)14(8-13-4-3-5-13)10-21(12-23)28-17-6-1-2-7-27-17/h12-17H,1-11H2,(H,25,26). The molecular weight excluding hydrogens is 371 g/mol. The van der Waals surface area contributed by atoms with Crippen molar-refractivity contribution in [1.82, 2.24) is 9.96 Å². The SMILES string of the molecule is O=CN(CC(CC1CCC1)C(=O)N1CC(F)CC1C(=O)O)OC1CCCCO1. The van der Waals surface area contributed by atoms with Crippen LogP contribution in [0.2, 0.25) is 0 Å². The number of hydrogen-bond donors (Lipinski definition) is 1. The second-order valence-corrected chi connectivity index (χ2v) is 8.01. The van der Waals surface area contributed by atoms with E-state index in [1.165, 1.54) is 0 Å². The van der Waals surface area contributed by atoms with Gasteiger partial charge in [0.25, 0.3) is 0 Å². The molecule has 2 saturated heterocycles. The minimum absolute atomic E-state index is 0.0124. The number of nitrogens with zero attached hydrogens (tertiary/aromatic N) is 2. The van der Waals surface area contributed by atoms with Gasteiger partial charge in [0, 0.05) is 19.4 Å². The van der Waals surface area contributed by atoms with E-state index in [2.05, 4.69) is 0 Å². The number of carboxylic acids is 1. The van der Waals surface area contributed by atoms with Gasteiger partial charge in [-0.25, -0.2) is 19.1 Å². The van der Waals surface area contributed by atoms with Crippen LogP contribution in [0.4, 0.5) is 4.39 Å². The van der Waals surface area contributed by atoms with Gasteiger partial charge in [-0.1, -0.05) is 19.3 Å². The van der Waals surface area contributed by atoms with Gasteiger partial charge in [-0.05, 0) is 25.2 Å². The molecule has 3 aliphatic rings. The number of alkyl halides is 1. The molecule has 3 rings (SSSR count). The van der Waals surface area contributed by atoms with E-state index in [1.54, 1.807) is 0 Å². The molecule has 1 N–H and O–H groups in total. The number of carbonyl (C=O) groups excluding carboxylic acids is 2. The molecule has 9 heteroatoms. The summed E-state index contributed by atoms with van der Waals surface area (Å²) in [6, 6.07) is -1.15. The lowest BCUT2D eigenvalue weighted by molar-refractivity contribution is -0.276. The van der Waals surface area contributed by atoms with E-state index in [9.17, 15) is 23.9 Å². The van der Waals surface area contributed by atoms with E-state index in [0.717, 1.165) is 42.1 Å². The first kappa shape index (κ1) is 21.0. The maximum absolute atomic E-state index is 13.8. The van der Waals surface area contributed by atoms with Crippen LogP contribution in [0, 0.1) is 11.8 Å². The third-order valence-electron chi connectivity index (χ3n) is 5.92. The highest BCUT2D eigenvalue weighted by atomic mass is 19.1. The number of likely N-dealkylation sites (tertiary alicyclic amines) is 1.